The highest BCUT2D eigenvalue weighted by atomic mass is 35.5. The number of halogens is 1. The Hall–Kier alpha value is -2.31. The molecular formula is C22H23ClN2O3S. The molecule has 0 radical (unpaired) electrons. The van der Waals surface area contributed by atoms with E-state index in [1.165, 1.54) is 0 Å². The molecule has 0 N–H and O–H groups in total. The molecule has 0 unspecified atom stereocenters. The van der Waals surface area contributed by atoms with Crippen molar-refractivity contribution < 1.29 is 14.3 Å². The van der Waals surface area contributed by atoms with Gasteiger partial charge in [-0.2, -0.15) is 0 Å². The molecule has 5 nitrogen and oxygen atoms in total. The van der Waals surface area contributed by atoms with Gasteiger partial charge in [0, 0.05) is 29.6 Å². The van der Waals surface area contributed by atoms with Gasteiger partial charge in [-0.1, -0.05) is 11.6 Å². The van der Waals surface area contributed by atoms with E-state index in [2.05, 4.69) is 0 Å². The van der Waals surface area contributed by atoms with Gasteiger partial charge < -0.3 is 14.4 Å². The first-order valence-corrected chi connectivity index (χ1v) is 10.8. The van der Waals surface area contributed by atoms with Gasteiger partial charge >= 0.3 is 0 Å². The first kappa shape index (κ1) is 20.0. The van der Waals surface area contributed by atoms with Gasteiger partial charge in [0.15, 0.2) is 0 Å². The minimum Gasteiger partial charge on any atom is -0.497 e. The van der Waals surface area contributed by atoms with Crippen molar-refractivity contribution in [1.29, 1.82) is 0 Å². The molecule has 0 spiro atoms. The maximum Gasteiger partial charge on any atom is 0.227 e. The summed E-state index contributed by atoms with van der Waals surface area (Å²) in [4.78, 5) is 19.6. The predicted molar refractivity (Wildman–Crippen MR) is 116 cm³/mol. The van der Waals surface area contributed by atoms with E-state index in [1.54, 1.807) is 25.6 Å². The number of hydrogen-bond acceptors (Lipinski definition) is 5. The van der Waals surface area contributed by atoms with Gasteiger partial charge in [0.05, 0.1) is 35.9 Å². The summed E-state index contributed by atoms with van der Waals surface area (Å²) in [7, 11) is 3.24. The van der Waals surface area contributed by atoms with Crippen LogP contribution < -0.4 is 9.47 Å². The van der Waals surface area contributed by atoms with Crippen molar-refractivity contribution in [1.82, 2.24) is 9.88 Å². The first-order chi connectivity index (χ1) is 14.1. The van der Waals surface area contributed by atoms with Crippen LogP contribution in [0.25, 0.3) is 10.2 Å². The summed E-state index contributed by atoms with van der Waals surface area (Å²) in [5.41, 5.74) is 1.81. The summed E-state index contributed by atoms with van der Waals surface area (Å²) >= 11 is 7.81. The van der Waals surface area contributed by atoms with Crippen molar-refractivity contribution in [2.45, 2.75) is 25.2 Å². The fourth-order valence-electron chi connectivity index (χ4n) is 3.76. The Morgan fingerprint density at radius 3 is 2.69 bits per heavy atom. The number of thiazole rings is 1. The molecule has 0 atom stereocenters. The van der Waals surface area contributed by atoms with Crippen molar-refractivity contribution in [3.63, 3.8) is 0 Å². The number of rotatable bonds is 5. The third kappa shape index (κ3) is 4.33. The number of carbonyl (C=O) groups is 1. The van der Waals surface area contributed by atoms with Crippen LogP contribution in [0.4, 0.5) is 0 Å². The van der Waals surface area contributed by atoms with Gasteiger partial charge in [-0.3, -0.25) is 4.79 Å². The zero-order valence-electron chi connectivity index (χ0n) is 16.5. The number of likely N-dealkylation sites (tertiary alicyclic amines) is 1. The number of benzene rings is 2. The van der Waals surface area contributed by atoms with Crippen LogP contribution in [0.2, 0.25) is 5.02 Å². The van der Waals surface area contributed by atoms with Crippen LogP contribution >= 0.6 is 22.9 Å². The number of ether oxygens (including phenoxy) is 2. The topological polar surface area (TPSA) is 51.7 Å². The van der Waals surface area contributed by atoms with Crippen molar-refractivity contribution in [2.75, 3.05) is 27.3 Å². The first-order valence-electron chi connectivity index (χ1n) is 9.62. The molecule has 1 aromatic heterocycles. The molecule has 0 bridgehead atoms. The van der Waals surface area contributed by atoms with Crippen LogP contribution in [-0.2, 0) is 11.2 Å². The highest BCUT2D eigenvalue weighted by Crippen LogP contribution is 2.35. The van der Waals surface area contributed by atoms with E-state index in [-0.39, 0.29) is 5.91 Å². The fraction of sp³-hybridized carbons (Fsp3) is 0.364. The zero-order chi connectivity index (χ0) is 20.4. The van der Waals surface area contributed by atoms with Gasteiger partial charge in [0.1, 0.15) is 11.5 Å². The largest absolute Gasteiger partial charge is 0.497 e. The maximum absolute atomic E-state index is 12.9. The summed E-state index contributed by atoms with van der Waals surface area (Å²) < 4.78 is 11.8. The Morgan fingerprint density at radius 2 is 1.97 bits per heavy atom. The van der Waals surface area contributed by atoms with E-state index in [0.717, 1.165) is 52.5 Å². The van der Waals surface area contributed by atoms with Crippen molar-refractivity contribution in [2.24, 2.45) is 0 Å². The number of nitrogens with zero attached hydrogens (tertiary/aromatic N) is 2. The summed E-state index contributed by atoms with van der Waals surface area (Å²) in [6.07, 6.45) is 2.16. The SMILES string of the molecule is COc1ccc(OC)c(CC(=O)N2CCC(c3nc4cc(Cl)ccc4s3)CC2)c1. The number of methoxy groups -OCH3 is 2. The van der Waals surface area contributed by atoms with E-state index in [9.17, 15) is 4.79 Å². The van der Waals surface area contributed by atoms with Gasteiger partial charge in [0.2, 0.25) is 5.91 Å². The lowest BCUT2D eigenvalue weighted by Gasteiger charge is -2.31. The third-order valence-electron chi connectivity index (χ3n) is 5.39. The van der Waals surface area contributed by atoms with Gasteiger partial charge in [-0.05, 0) is 49.2 Å². The highest BCUT2D eigenvalue weighted by molar-refractivity contribution is 7.18. The molecule has 152 valence electrons. The minimum absolute atomic E-state index is 0.117. The fourth-order valence-corrected chi connectivity index (χ4v) is 5.05. The Balaban J connectivity index is 1.40. The quantitative estimate of drug-likeness (QED) is 0.576. The van der Waals surface area contributed by atoms with E-state index >= 15 is 0 Å². The maximum atomic E-state index is 12.9. The number of amides is 1. The molecule has 0 aliphatic carbocycles. The van der Waals surface area contributed by atoms with Crippen molar-refractivity contribution in [3.8, 4) is 11.5 Å². The summed E-state index contributed by atoms with van der Waals surface area (Å²) in [5, 5.41) is 1.85. The lowest BCUT2D eigenvalue weighted by Crippen LogP contribution is -2.38. The molecule has 1 fully saturated rings. The zero-order valence-corrected chi connectivity index (χ0v) is 18.1. The van der Waals surface area contributed by atoms with Crippen molar-refractivity contribution >= 4 is 39.1 Å². The second-order valence-electron chi connectivity index (χ2n) is 7.17. The van der Waals surface area contributed by atoms with E-state index < -0.39 is 0 Å². The number of fused-ring (bicyclic) bond motifs is 1. The average Bonchev–Trinajstić information content (AvgIpc) is 3.17. The Morgan fingerprint density at radius 1 is 1.17 bits per heavy atom. The van der Waals surface area contributed by atoms with Gasteiger partial charge in [0.25, 0.3) is 0 Å². The van der Waals surface area contributed by atoms with Crippen LogP contribution in [0.1, 0.15) is 29.3 Å². The Labute approximate surface area is 179 Å². The van der Waals surface area contributed by atoms with Gasteiger partial charge in [-0.25, -0.2) is 4.98 Å². The molecule has 3 aromatic rings. The smallest absolute Gasteiger partial charge is 0.227 e. The molecule has 0 saturated carbocycles. The highest BCUT2D eigenvalue weighted by Gasteiger charge is 2.26. The van der Waals surface area contributed by atoms with Gasteiger partial charge in [-0.15, -0.1) is 11.3 Å². The van der Waals surface area contributed by atoms with E-state index in [0.29, 0.717) is 23.1 Å². The Bertz CT molecular complexity index is 1030. The summed E-state index contributed by atoms with van der Waals surface area (Å²) in [5.74, 6) is 1.94. The van der Waals surface area contributed by atoms with Crippen LogP contribution in [0.15, 0.2) is 36.4 Å². The number of carbonyl (C=O) groups excluding carboxylic acids is 1. The summed E-state index contributed by atoms with van der Waals surface area (Å²) in [6, 6.07) is 11.4. The Kier molecular flexibility index (Phi) is 5.92. The predicted octanol–water partition coefficient (Wildman–Crippen LogP) is 4.92. The van der Waals surface area contributed by atoms with Crippen LogP contribution in [0, 0.1) is 0 Å². The van der Waals surface area contributed by atoms with Crippen LogP contribution in [0.5, 0.6) is 11.5 Å². The lowest BCUT2D eigenvalue weighted by molar-refractivity contribution is -0.131. The molecule has 1 saturated heterocycles. The second-order valence-corrected chi connectivity index (χ2v) is 8.67. The van der Waals surface area contributed by atoms with E-state index in [4.69, 9.17) is 26.1 Å². The lowest BCUT2D eigenvalue weighted by atomic mass is 9.97. The number of piperidine rings is 1. The monoisotopic (exact) mass is 430 g/mol. The minimum atomic E-state index is 0.117. The third-order valence-corrected chi connectivity index (χ3v) is 6.83. The van der Waals surface area contributed by atoms with Crippen LogP contribution in [0.3, 0.4) is 0 Å². The molecular weight excluding hydrogens is 408 g/mol. The average molecular weight is 431 g/mol. The molecule has 1 aliphatic rings. The number of aromatic nitrogens is 1. The van der Waals surface area contributed by atoms with Crippen molar-refractivity contribution in [3.05, 3.63) is 52.0 Å². The molecule has 2 aromatic carbocycles. The molecule has 29 heavy (non-hydrogen) atoms. The van der Waals surface area contributed by atoms with Crippen LogP contribution in [-0.4, -0.2) is 43.1 Å². The van der Waals surface area contributed by atoms with E-state index in [1.807, 2.05) is 41.3 Å². The number of hydrogen-bond donors (Lipinski definition) is 0. The second kappa shape index (κ2) is 8.59. The summed E-state index contributed by atoms with van der Waals surface area (Å²) in [6.45, 7) is 1.49. The standard InChI is InChI=1S/C22H23ClN2O3S/c1-27-17-4-5-19(28-2)15(11-17)12-21(26)25-9-7-14(8-10-25)22-24-18-13-16(23)3-6-20(18)29-22/h3-6,11,13-14H,7-10,12H2,1-2H3. The normalized spacial score (nSPS) is 14.9. The molecule has 1 amide bonds. The molecule has 1 aliphatic heterocycles. The molecule has 4 rings (SSSR count). The molecule has 2 heterocycles. The molecule has 7 heteroatoms.